The van der Waals surface area contributed by atoms with Crippen LogP contribution in [0.1, 0.15) is 25.0 Å². The average Bonchev–Trinajstić information content (AvgIpc) is 2.64. The Bertz CT molecular complexity index is 804. The van der Waals surface area contributed by atoms with Gasteiger partial charge in [-0.2, -0.15) is 0 Å². The molecule has 1 amide bonds. The van der Waals surface area contributed by atoms with Gasteiger partial charge in [-0.15, -0.1) is 0 Å². The smallest absolute Gasteiger partial charge is 0.243 e. The third-order valence-electron chi connectivity index (χ3n) is 4.53. The monoisotopic (exact) mass is 389 g/mol. The third-order valence-corrected chi connectivity index (χ3v) is 4.94. The van der Waals surface area contributed by atoms with Crippen molar-refractivity contribution in [2.45, 2.75) is 27.7 Å². The van der Waals surface area contributed by atoms with Gasteiger partial charge in [0.2, 0.25) is 5.91 Å². The van der Waals surface area contributed by atoms with Gasteiger partial charge in [-0.05, 0) is 63.1 Å². The highest BCUT2D eigenvalue weighted by atomic mass is 35.5. The lowest BCUT2D eigenvalue weighted by Crippen LogP contribution is -2.23. The maximum absolute atomic E-state index is 12.4. The van der Waals surface area contributed by atoms with E-state index in [4.69, 9.17) is 16.3 Å². The number of carbonyl (C=O) groups is 1. The van der Waals surface area contributed by atoms with E-state index >= 15 is 0 Å². The summed E-state index contributed by atoms with van der Waals surface area (Å²) in [5.41, 5.74) is 4.73. The lowest BCUT2D eigenvalue weighted by molar-refractivity contribution is -0.114. The number of nitrogens with zero attached hydrogens (tertiary/aromatic N) is 1. The summed E-state index contributed by atoms with van der Waals surface area (Å²) in [6, 6.07) is 9.74. The molecule has 6 heteroatoms. The van der Waals surface area contributed by atoms with Crippen LogP contribution in [0.25, 0.3) is 0 Å². The van der Waals surface area contributed by atoms with Crippen molar-refractivity contribution >= 4 is 34.6 Å². The lowest BCUT2D eigenvalue weighted by atomic mass is 10.1. The van der Waals surface area contributed by atoms with Gasteiger partial charge >= 0.3 is 0 Å². The number of methoxy groups -OCH3 is 1. The largest absolute Gasteiger partial charge is 0.495 e. The molecule has 0 radical (unpaired) electrons. The van der Waals surface area contributed by atoms with Crippen LogP contribution in [0.2, 0.25) is 5.02 Å². The Morgan fingerprint density at radius 2 is 1.78 bits per heavy atom. The van der Waals surface area contributed by atoms with E-state index in [-0.39, 0.29) is 12.5 Å². The summed E-state index contributed by atoms with van der Waals surface area (Å²) in [6.45, 7) is 10.3. The molecule has 0 saturated heterocycles. The molecule has 27 heavy (non-hydrogen) atoms. The van der Waals surface area contributed by atoms with Crippen LogP contribution in [0.3, 0.4) is 0 Å². The molecule has 0 bridgehead atoms. The molecule has 2 aromatic rings. The molecular weight excluding hydrogens is 362 g/mol. The molecule has 0 unspecified atom stereocenters. The van der Waals surface area contributed by atoms with Crippen molar-refractivity contribution in [2.24, 2.45) is 0 Å². The first-order valence-electron chi connectivity index (χ1n) is 9.13. The standard InChI is InChI=1S/C21H28ClN3O2/c1-6-25(7-2)16-8-9-18(15(4)10-16)23-13-21(26)24-19-11-14(3)17(22)12-20(19)27-5/h8-12,23H,6-7,13H2,1-5H3,(H,24,26). The number of amides is 1. The molecule has 0 aliphatic rings. The molecule has 0 fully saturated rings. The fraction of sp³-hybridized carbons (Fsp3) is 0.381. The fourth-order valence-corrected chi connectivity index (χ4v) is 3.09. The zero-order chi connectivity index (χ0) is 20.0. The van der Waals surface area contributed by atoms with Crippen molar-refractivity contribution in [3.05, 3.63) is 46.5 Å². The summed E-state index contributed by atoms with van der Waals surface area (Å²) in [7, 11) is 1.55. The van der Waals surface area contributed by atoms with Crippen molar-refractivity contribution in [2.75, 3.05) is 42.3 Å². The van der Waals surface area contributed by atoms with E-state index in [0.717, 1.165) is 29.9 Å². The second-order valence-corrected chi connectivity index (χ2v) is 6.78. The summed E-state index contributed by atoms with van der Waals surface area (Å²) in [6.07, 6.45) is 0. The van der Waals surface area contributed by atoms with Gasteiger partial charge in [0, 0.05) is 35.6 Å². The maximum Gasteiger partial charge on any atom is 0.243 e. The van der Waals surface area contributed by atoms with Crippen LogP contribution in [-0.4, -0.2) is 32.7 Å². The molecule has 5 nitrogen and oxygen atoms in total. The SMILES string of the molecule is CCN(CC)c1ccc(NCC(=O)Nc2cc(C)c(Cl)cc2OC)c(C)c1. The second-order valence-electron chi connectivity index (χ2n) is 6.37. The molecule has 0 aromatic heterocycles. The predicted octanol–water partition coefficient (Wildman–Crippen LogP) is 4.86. The van der Waals surface area contributed by atoms with Crippen LogP contribution < -0.4 is 20.3 Å². The van der Waals surface area contributed by atoms with Crippen molar-refractivity contribution in [3.63, 3.8) is 0 Å². The van der Waals surface area contributed by atoms with Gasteiger partial charge in [-0.25, -0.2) is 0 Å². The number of nitrogens with one attached hydrogen (secondary N) is 2. The molecule has 0 atom stereocenters. The number of hydrogen-bond donors (Lipinski definition) is 2. The number of aryl methyl sites for hydroxylation is 2. The highest BCUT2D eigenvalue weighted by Crippen LogP contribution is 2.31. The Labute approximate surface area is 166 Å². The number of carbonyl (C=O) groups excluding carboxylic acids is 1. The third kappa shape index (κ3) is 5.30. The molecule has 0 aliphatic carbocycles. The first-order valence-corrected chi connectivity index (χ1v) is 9.50. The number of anilines is 3. The van der Waals surface area contributed by atoms with Crippen molar-refractivity contribution < 1.29 is 9.53 Å². The average molecular weight is 390 g/mol. The zero-order valence-corrected chi connectivity index (χ0v) is 17.4. The minimum atomic E-state index is -0.151. The Balaban J connectivity index is 2.03. The predicted molar refractivity (Wildman–Crippen MR) is 115 cm³/mol. The molecule has 146 valence electrons. The summed E-state index contributed by atoms with van der Waals surface area (Å²) >= 11 is 6.11. The molecule has 2 N–H and O–H groups in total. The molecule has 2 aromatic carbocycles. The van der Waals surface area contributed by atoms with Gasteiger partial charge in [0.15, 0.2) is 0 Å². The number of rotatable bonds is 8. The van der Waals surface area contributed by atoms with Crippen molar-refractivity contribution in [1.82, 2.24) is 0 Å². The van der Waals surface area contributed by atoms with E-state index in [9.17, 15) is 4.79 Å². The van der Waals surface area contributed by atoms with Gasteiger partial charge in [-0.1, -0.05) is 11.6 Å². The highest BCUT2D eigenvalue weighted by Gasteiger charge is 2.11. The minimum absolute atomic E-state index is 0.151. The summed E-state index contributed by atoms with van der Waals surface area (Å²) in [5, 5.41) is 6.68. The topological polar surface area (TPSA) is 53.6 Å². The number of hydrogen-bond acceptors (Lipinski definition) is 4. The lowest BCUT2D eigenvalue weighted by Gasteiger charge is -2.22. The molecule has 0 saturated carbocycles. The Hall–Kier alpha value is -2.40. The number of ether oxygens (including phenoxy) is 1. The van der Waals surface area contributed by atoms with E-state index in [1.54, 1.807) is 13.2 Å². The van der Waals surface area contributed by atoms with Crippen LogP contribution in [-0.2, 0) is 4.79 Å². The Morgan fingerprint density at radius 3 is 2.37 bits per heavy atom. The maximum atomic E-state index is 12.4. The van der Waals surface area contributed by atoms with Crippen LogP contribution >= 0.6 is 11.6 Å². The summed E-state index contributed by atoms with van der Waals surface area (Å²) in [4.78, 5) is 14.6. The van der Waals surface area contributed by atoms with Crippen LogP contribution in [0.15, 0.2) is 30.3 Å². The molecule has 0 heterocycles. The minimum Gasteiger partial charge on any atom is -0.495 e. The Kier molecular flexibility index (Phi) is 7.36. The van der Waals surface area contributed by atoms with E-state index in [2.05, 4.69) is 41.5 Å². The second kappa shape index (κ2) is 9.51. The fourth-order valence-electron chi connectivity index (χ4n) is 2.93. The number of benzene rings is 2. The zero-order valence-electron chi connectivity index (χ0n) is 16.6. The van der Waals surface area contributed by atoms with E-state index in [1.807, 2.05) is 26.0 Å². The summed E-state index contributed by atoms with van der Waals surface area (Å²) in [5.74, 6) is 0.390. The van der Waals surface area contributed by atoms with Gasteiger partial charge in [0.25, 0.3) is 0 Å². The van der Waals surface area contributed by atoms with Gasteiger partial charge in [-0.3, -0.25) is 4.79 Å². The Morgan fingerprint density at radius 1 is 1.07 bits per heavy atom. The molecular formula is C21H28ClN3O2. The highest BCUT2D eigenvalue weighted by molar-refractivity contribution is 6.31. The van der Waals surface area contributed by atoms with Gasteiger partial charge in [0.1, 0.15) is 5.75 Å². The normalized spacial score (nSPS) is 10.4. The summed E-state index contributed by atoms with van der Waals surface area (Å²) < 4.78 is 5.30. The van der Waals surface area contributed by atoms with E-state index in [0.29, 0.717) is 16.5 Å². The first-order chi connectivity index (χ1) is 12.9. The molecule has 0 spiro atoms. The van der Waals surface area contributed by atoms with E-state index in [1.165, 1.54) is 5.69 Å². The molecule has 2 rings (SSSR count). The van der Waals surface area contributed by atoms with Crippen molar-refractivity contribution in [1.29, 1.82) is 0 Å². The first kappa shape index (κ1) is 20.9. The quantitative estimate of drug-likeness (QED) is 0.676. The van der Waals surface area contributed by atoms with Crippen LogP contribution in [0, 0.1) is 13.8 Å². The van der Waals surface area contributed by atoms with E-state index < -0.39 is 0 Å². The van der Waals surface area contributed by atoms with Crippen molar-refractivity contribution in [3.8, 4) is 5.75 Å². The molecule has 0 aliphatic heterocycles. The van der Waals surface area contributed by atoms with Crippen LogP contribution in [0.4, 0.5) is 17.1 Å². The van der Waals surface area contributed by atoms with Crippen LogP contribution in [0.5, 0.6) is 5.75 Å². The van der Waals surface area contributed by atoms with Gasteiger partial charge in [0.05, 0.1) is 19.3 Å². The number of halogens is 1. The van der Waals surface area contributed by atoms with Gasteiger partial charge < -0.3 is 20.3 Å².